The van der Waals surface area contributed by atoms with Crippen LogP contribution >= 0.6 is 0 Å². The molecular weight excluding hydrogens is 164 g/mol. The fourth-order valence-electron chi connectivity index (χ4n) is 1.17. The summed E-state index contributed by atoms with van der Waals surface area (Å²) in [5.74, 6) is 0.560. The number of hydrogen-bond donors (Lipinski definition) is 0. The quantitative estimate of drug-likeness (QED) is 0.618. The van der Waals surface area contributed by atoms with Gasteiger partial charge in [0.2, 0.25) is 0 Å². The van der Waals surface area contributed by atoms with E-state index in [0.29, 0.717) is 30.7 Å². The molecule has 2 atom stereocenters. The summed E-state index contributed by atoms with van der Waals surface area (Å²) in [6.07, 6.45) is 0.301. The lowest BCUT2D eigenvalue weighted by molar-refractivity contribution is -0.0254. The predicted octanol–water partition coefficient (Wildman–Crippen LogP) is 2.72. The summed E-state index contributed by atoms with van der Waals surface area (Å²) >= 11 is 0. The molecule has 0 aliphatic rings. The maximum atomic E-state index is 5.65. The third kappa shape index (κ3) is 5.27. The second kappa shape index (κ2) is 5.61. The topological polar surface area (TPSA) is 18.5 Å². The molecule has 0 aliphatic heterocycles. The number of methoxy groups -OCH3 is 1. The van der Waals surface area contributed by atoms with Crippen LogP contribution in [0.3, 0.4) is 0 Å². The van der Waals surface area contributed by atoms with E-state index in [1.54, 1.807) is 7.11 Å². The molecule has 0 aromatic heterocycles. The van der Waals surface area contributed by atoms with Gasteiger partial charge in [0.25, 0.3) is 0 Å². The smallest absolute Gasteiger partial charge is 0.0704 e. The Morgan fingerprint density at radius 2 is 1.62 bits per heavy atom. The fourth-order valence-corrected chi connectivity index (χ4v) is 1.17. The summed E-state index contributed by atoms with van der Waals surface area (Å²) in [6, 6.07) is 0. The largest absolute Gasteiger partial charge is 0.382 e. The van der Waals surface area contributed by atoms with E-state index in [9.17, 15) is 0 Å². The van der Waals surface area contributed by atoms with E-state index in [-0.39, 0.29) is 0 Å². The highest BCUT2D eigenvalue weighted by molar-refractivity contribution is 4.74. The third-order valence-electron chi connectivity index (χ3n) is 2.74. The lowest BCUT2D eigenvalue weighted by atomic mass is 9.79. The van der Waals surface area contributed by atoms with Crippen molar-refractivity contribution in [2.75, 3.05) is 20.3 Å². The van der Waals surface area contributed by atoms with Gasteiger partial charge in [-0.05, 0) is 18.3 Å². The molecule has 0 aromatic carbocycles. The van der Waals surface area contributed by atoms with E-state index in [1.807, 2.05) is 0 Å². The maximum absolute atomic E-state index is 5.65. The van der Waals surface area contributed by atoms with E-state index in [1.165, 1.54) is 0 Å². The fraction of sp³-hybridized carbons (Fsp3) is 1.00. The highest BCUT2D eigenvalue weighted by Gasteiger charge is 2.25. The first-order valence-corrected chi connectivity index (χ1v) is 5.00. The molecular formula is C11H24O2. The first kappa shape index (κ1) is 12.9. The highest BCUT2D eigenvalue weighted by atomic mass is 16.5. The summed E-state index contributed by atoms with van der Waals surface area (Å²) in [4.78, 5) is 0. The molecule has 0 radical (unpaired) electrons. The van der Waals surface area contributed by atoms with E-state index >= 15 is 0 Å². The zero-order valence-corrected chi connectivity index (χ0v) is 9.89. The Labute approximate surface area is 82.6 Å². The molecule has 0 N–H and O–H groups in total. The average Bonchev–Trinajstić information content (AvgIpc) is 2.01. The molecule has 13 heavy (non-hydrogen) atoms. The number of rotatable bonds is 5. The summed E-state index contributed by atoms with van der Waals surface area (Å²) in [5, 5.41) is 0. The van der Waals surface area contributed by atoms with Gasteiger partial charge in [-0.15, -0.1) is 0 Å². The van der Waals surface area contributed by atoms with Crippen LogP contribution in [-0.2, 0) is 9.47 Å². The van der Waals surface area contributed by atoms with Gasteiger partial charge in [-0.3, -0.25) is 0 Å². The molecule has 0 saturated carbocycles. The van der Waals surface area contributed by atoms with Crippen molar-refractivity contribution in [1.82, 2.24) is 0 Å². The molecule has 80 valence electrons. The van der Waals surface area contributed by atoms with Gasteiger partial charge in [0.1, 0.15) is 0 Å². The van der Waals surface area contributed by atoms with Gasteiger partial charge in [0.05, 0.1) is 19.3 Å². The van der Waals surface area contributed by atoms with Crippen LogP contribution in [0.4, 0.5) is 0 Å². The molecule has 0 heterocycles. The van der Waals surface area contributed by atoms with E-state index < -0.39 is 0 Å². The van der Waals surface area contributed by atoms with Crippen LogP contribution in [-0.4, -0.2) is 26.4 Å². The zero-order chi connectivity index (χ0) is 10.5. The van der Waals surface area contributed by atoms with Crippen LogP contribution < -0.4 is 0 Å². The Balaban J connectivity index is 3.76. The summed E-state index contributed by atoms with van der Waals surface area (Å²) in [7, 11) is 1.70. The lowest BCUT2D eigenvalue weighted by Gasteiger charge is -2.32. The van der Waals surface area contributed by atoms with Crippen LogP contribution in [0.2, 0.25) is 0 Å². The molecule has 0 aromatic rings. The molecule has 0 unspecified atom stereocenters. The minimum atomic E-state index is 0.301. The second-order valence-electron chi connectivity index (χ2n) is 4.72. The van der Waals surface area contributed by atoms with Gasteiger partial charge in [0.15, 0.2) is 0 Å². The molecule has 0 bridgehead atoms. The Morgan fingerprint density at radius 1 is 1.08 bits per heavy atom. The Hall–Kier alpha value is -0.0800. The van der Waals surface area contributed by atoms with Crippen molar-refractivity contribution >= 4 is 0 Å². The van der Waals surface area contributed by atoms with Crippen molar-refractivity contribution < 1.29 is 9.47 Å². The predicted molar refractivity (Wildman–Crippen MR) is 55.9 cm³/mol. The molecule has 2 heteroatoms. The molecule has 0 rings (SSSR count). The standard InChI is InChI=1S/C11H24O2/c1-9(11(3,4)5)10(2)13-8-7-12-6/h9-10H,7-8H2,1-6H3/t9-,10+/m1/s1. The minimum absolute atomic E-state index is 0.301. The third-order valence-corrected chi connectivity index (χ3v) is 2.74. The van der Waals surface area contributed by atoms with Crippen molar-refractivity contribution in [2.24, 2.45) is 11.3 Å². The van der Waals surface area contributed by atoms with Gasteiger partial charge in [0, 0.05) is 7.11 Å². The number of ether oxygens (including phenoxy) is 2. The monoisotopic (exact) mass is 188 g/mol. The zero-order valence-electron chi connectivity index (χ0n) is 9.89. The van der Waals surface area contributed by atoms with Crippen LogP contribution in [0.15, 0.2) is 0 Å². The number of hydrogen-bond acceptors (Lipinski definition) is 2. The first-order chi connectivity index (χ1) is 5.89. The van der Waals surface area contributed by atoms with Gasteiger partial charge in [-0.2, -0.15) is 0 Å². The van der Waals surface area contributed by atoms with E-state index in [0.717, 1.165) is 0 Å². The minimum Gasteiger partial charge on any atom is -0.382 e. The molecule has 2 nitrogen and oxygen atoms in total. The van der Waals surface area contributed by atoms with Gasteiger partial charge >= 0.3 is 0 Å². The van der Waals surface area contributed by atoms with Crippen LogP contribution in [0.25, 0.3) is 0 Å². The molecule has 0 amide bonds. The van der Waals surface area contributed by atoms with Crippen LogP contribution in [0.1, 0.15) is 34.6 Å². The van der Waals surface area contributed by atoms with E-state index in [2.05, 4.69) is 34.6 Å². The normalized spacial score (nSPS) is 17.1. The van der Waals surface area contributed by atoms with Crippen LogP contribution in [0, 0.1) is 11.3 Å². The summed E-state index contributed by atoms with van der Waals surface area (Å²) < 4.78 is 10.6. The van der Waals surface area contributed by atoms with Crippen molar-refractivity contribution in [2.45, 2.75) is 40.7 Å². The van der Waals surface area contributed by atoms with Crippen molar-refractivity contribution in [3.8, 4) is 0 Å². The van der Waals surface area contributed by atoms with Crippen molar-refractivity contribution in [3.63, 3.8) is 0 Å². The van der Waals surface area contributed by atoms with Crippen LogP contribution in [0.5, 0.6) is 0 Å². The van der Waals surface area contributed by atoms with Gasteiger partial charge in [-0.1, -0.05) is 27.7 Å². The SMILES string of the molecule is COCCO[C@@H](C)[C@@H](C)C(C)(C)C. The van der Waals surface area contributed by atoms with Gasteiger partial charge in [-0.25, -0.2) is 0 Å². The summed E-state index contributed by atoms with van der Waals surface area (Å²) in [6.45, 7) is 12.5. The first-order valence-electron chi connectivity index (χ1n) is 5.00. The molecule has 0 spiro atoms. The molecule has 0 fully saturated rings. The Morgan fingerprint density at radius 3 is 2.00 bits per heavy atom. The highest BCUT2D eigenvalue weighted by Crippen LogP contribution is 2.29. The average molecular weight is 188 g/mol. The lowest BCUT2D eigenvalue weighted by Crippen LogP contribution is -2.30. The summed E-state index contributed by atoms with van der Waals surface area (Å²) in [5.41, 5.74) is 0.312. The van der Waals surface area contributed by atoms with Gasteiger partial charge < -0.3 is 9.47 Å². The van der Waals surface area contributed by atoms with Crippen molar-refractivity contribution in [3.05, 3.63) is 0 Å². The molecule has 0 aliphatic carbocycles. The maximum Gasteiger partial charge on any atom is 0.0704 e. The Bertz CT molecular complexity index is 127. The van der Waals surface area contributed by atoms with Crippen molar-refractivity contribution in [1.29, 1.82) is 0 Å². The van der Waals surface area contributed by atoms with E-state index in [4.69, 9.17) is 9.47 Å². The molecule has 0 saturated heterocycles. The Kier molecular flexibility index (Phi) is 5.57. The second-order valence-corrected chi connectivity index (χ2v) is 4.72.